The zero-order valence-electron chi connectivity index (χ0n) is 13.5. The van der Waals surface area contributed by atoms with Gasteiger partial charge in [-0.2, -0.15) is 4.68 Å². The summed E-state index contributed by atoms with van der Waals surface area (Å²) in [5, 5.41) is 11.4. The third kappa shape index (κ3) is 3.74. The normalized spacial score (nSPS) is 12.2. The van der Waals surface area contributed by atoms with Crippen molar-refractivity contribution in [3.8, 4) is 5.69 Å². The Labute approximate surface area is 147 Å². The number of carbonyl (C=O) groups is 1. The number of halogens is 2. The monoisotopic (exact) mass is 360 g/mol. The van der Waals surface area contributed by atoms with Crippen LogP contribution in [0, 0.1) is 18.6 Å². The Morgan fingerprint density at radius 2 is 1.84 bits per heavy atom. The first-order valence-electron chi connectivity index (χ1n) is 7.47. The van der Waals surface area contributed by atoms with Crippen LogP contribution in [0.5, 0.6) is 0 Å². The van der Waals surface area contributed by atoms with Crippen molar-refractivity contribution in [2.75, 3.05) is 0 Å². The van der Waals surface area contributed by atoms with Gasteiger partial charge in [0.05, 0.1) is 10.9 Å². The lowest BCUT2D eigenvalue weighted by Gasteiger charge is -2.10. The summed E-state index contributed by atoms with van der Waals surface area (Å²) in [4.78, 5) is 12.4. The standard InChI is InChI=1S/C17H14F2N4OS/c1-10-3-6-13(7-4-10)23-17(20-21-22-23)25-11(2)16(24)12-5-8-14(18)15(19)9-12/h3-9,11H,1-2H3. The highest BCUT2D eigenvalue weighted by molar-refractivity contribution is 8.00. The number of thioether (sulfide) groups is 1. The smallest absolute Gasteiger partial charge is 0.214 e. The van der Waals surface area contributed by atoms with Crippen LogP contribution in [0.25, 0.3) is 5.69 Å². The molecule has 2 aromatic carbocycles. The molecule has 0 radical (unpaired) electrons. The van der Waals surface area contributed by atoms with E-state index in [1.807, 2.05) is 31.2 Å². The Bertz CT molecular complexity index is 911. The molecule has 1 unspecified atom stereocenters. The van der Waals surface area contributed by atoms with Crippen LogP contribution in [0.3, 0.4) is 0 Å². The van der Waals surface area contributed by atoms with Gasteiger partial charge >= 0.3 is 0 Å². The molecule has 25 heavy (non-hydrogen) atoms. The number of aromatic nitrogens is 4. The SMILES string of the molecule is Cc1ccc(-n2nnnc2SC(C)C(=O)c2ccc(F)c(F)c2)cc1. The molecule has 0 N–H and O–H groups in total. The summed E-state index contributed by atoms with van der Waals surface area (Å²) in [6.45, 7) is 3.64. The largest absolute Gasteiger partial charge is 0.293 e. The van der Waals surface area contributed by atoms with Crippen LogP contribution < -0.4 is 0 Å². The van der Waals surface area contributed by atoms with E-state index >= 15 is 0 Å². The van der Waals surface area contributed by atoms with E-state index in [2.05, 4.69) is 15.5 Å². The number of hydrogen-bond acceptors (Lipinski definition) is 5. The highest BCUT2D eigenvalue weighted by Gasteiger charge is 2.21. The zero-order valence-corrected chi connectivity index (χ0v) is 14.3. The van der Waals surface area contributed by atoms with Crippen molar-refractivity contribution in [3.05, 3.63) is 65.2 Å². The number of benzene rings is 2. The van der Waals surface area contributed by atoms with Gasteiger partial charge in [-0.1, -0.05) is 29.5 Å². The van der Waals surface area contributed by atoms with Crippen molar-refractivity contribution >= 4 is 17.5 Å². The van der Waals surface area contributed by atoms with Crippen LogP contribution in [-0.4, -0.2) is 31.2 Å². The Kier molecular flexibility index (Phi) is 4.89. The number of ketones is 1. The fourth-order valence-electron chi connectivity index (χ4n) is 2.20. The van der Waals surface area contributed by atoms with E-state index in [1.165, 1.54) is 10.7 Å². The molecule has 1 aromatic heterocycles. The van der Waals surface area contributed by atoms with Crippen molar-refractivity contribution < 1.29 is 13.6 Å². The van der Waals surface area contributed by atoms with E-state index in [0.29, 0.717) is 5.16 Å². The number of rotatable bonds is 5. The number of Topliss-reactive ketones (excluding diaryl/α,β-unsaturated/α-hetero) is 1. The number of nitrogens with zero attached hydrogens (tertiary/aromatic N) is 4. The van der Waals surface area contributed by atoms with E-state index in [4.69, 9.17) is 0 Å². The molecular formula is C17H14F2N4OS. The second-order valence-corrected chi connectivity index (χ2v) is 6.77. The predicted octanol–water partition coefficient (Wildman–Crippen LogP) is 3.61. The minimum absolute atomic E-state index is 0.105. The first-order valence-corrected chi connectivity index (χ1v) is 8.35. The average Bonchev–Trinajstić information content (AvgIpc) is 3.05. The lowest BCUT2D eigenvalue weighted by Crippen LogP contribution is -2.15. The van der Waals surface area contributed by atoms with Gasteiger partial charge in [-0.05, 0) is 54.6 Å². The van der Waals surface area contributed by atoms with Crippen molar-refractivity contribution in [3.63, 3.8) is 0 Å². The van der Waals surface area contributed by atoms with Crippen LogP contribution in [0.2, 0.25) is 0 Å². The van der Waals surface area contributed by atoms with Gasteiger partial charge in [-0.3, -0.25) is 4.79 Å². The molecule has 1 atom stereocenters. The fraction of sp³-hybridized carbons (Fsp3) is 0.176. The molecule has 1 heterocycles. The van der Waals surface area contributed by atoms with Crippen LogP contribution in [-0.2, 0) is 0 Å². The number of hydrogen-bond donors (Lipinski definition) is 0. The summed E-state index contributed by atoms with van der Waals surface area (Å²) < 4.78 is 27.9. The average molecular weight is 360 g/mol. The molecule has 0 fully saturated rings. The summed E-state index contributed by atoms with van der Waals surface area (Å²) in [7, 11) is 0. The van der Waals surface area contributed by atoms with Crippen molar-refractivity contribution in [1.29, 1.82) is 0 Å². The number of aryl methyl sites for hydroxylation is 1. The molecule has 0 saturated heterocycles. The second-order valence-electron chi connectivity index (χ2n) is 5.46. The Morgan fingerprint density at radius 3 is 2.52 bits per heavy atom. The first kappa shape index (κ1) is 17.2. The molecule has 8 heteroatoms. The van der Waals surface area contributed by atoms with Crippen LogP contribution in [0.15, 0.2) is 47.6 Å². The maximum atomic E-state index is 13.3. The highest BCUT2D eigenvalue weighted by Crippen LogP contribution is 2.25. The summed E-state index contributed by atoms with van der Waals surface area (Å²) >= 11 is 1.15. The van der Waals surface area contributed by atoms with Gasteiger partial charge in [0.1, 0.15) is 0 Å². The lowest BCUT2D eigenvalue weighted by atomic mass is 10.1. The van der Waals surface area contributed by atoms with Crippen molar-refractivity contribution in [2.45, 2.75) is 24.3 Å². The molecule has 3 aromatic rings. The number of tetrazole rings is 1. The Balaban J connectivity index is 1.80. The lowest BCUT2D eigenvalue weighted by molar-refractivity contribution is 0.0993. The summed E-state index contributed by atoms with van der Waals surface area (Å²) in [5.74, 6) is -2.37. The molecule has 0 saturated carbocycles. The van der Waals surface area contributed by atoms with Gasteiger partial charge in [-0.15, -0.1) is 5.10 Å². The van der Waals surface area contributed by atoms with E-state index in [0.717, 1.165) is 35.1 Å². The molecule has 5 nitrogen and oxygen atoms in total. The first-order chi connectivity index (χ1) is 12.0. The minimum Gasteiger partial charge on any atom is -0.293 e. The van der Waals surface area contributed by atoms with Gasteiger partial charge < -0.3 is 0 Å². The Morgan fingerprint density at radius 1 is 1.12 bits per heavy atom. The minimum atomic E-state index is -1.05. The van der Waals surface area contributed by atoms with E-state index in [-0.39, 0.29) is 11.3 Å². The maximum Gasteiger partial charge on any atom is 0.214 e. The van der Waals surface area contributed by atoms with Gasteiger partial charge in [-0.25, -0.2) is 8.78 Å². The molecule has 0 amide bonds. The molecule has 0 aliphatic heterocycles. The second kappa shape index (κ2) is 7.10. The molecule has 0 spiro atoms. The Hall–Kier alpha value is -2.61. The highest BCUT2D eigenvalue weighted by atomic mass is 32.2. The van der Waals surface area contributed by atoms with Gasteiger partial charge in [0.15, 0.2) is 17.4 Å². The van der Waals surface area contributed by atoms with Crippen LogP contribution >= 0.6 is 11.8 Å². The molecule has 0 aliphatic rings. The molecule has 3 rings (SSSR count). The van der Waals surface area contributed by atoms with E-state index in [9.17, 15) is 13.6 Å². The zero-order chi connectivity index (χ0) is 18.0. The third-order valence-electron chi connectivity index (χ3n) is 3.57. The van der Waals surface area contributed by atoms with Gasteiger partial charge in [0.2, 0.25) is 5.16 Å². The van der Waals surface area contributed by atoms with Crippen LogP contribution in [0.1, 0.15) is 22.8 Å². The molecule has 128 valence electrons. The topological polar surface area (TPSA) is 60.7 Å². The van der Waals surface area contributed by atoms with Gasteiger partial charge in [0, 0.05) is 5.56 Å². The van der Waals surface area contributed by atoms with E-state index < -0.39 is 16.9 Å². The van der Waals surface area contributed by atoms with Crippen molar-refractivity contribution in [2.24, 2.45) is 0 Å². The fourth-order valence-corrected chi connectivity index (χ4v) is 3.08. The molecule has 0 bridgehead atoms. The summed E-state index contributed by atoms with van der Waals surface area (Å²) in [6.07, 6.45) is 0. The summed E-state index contributed by atoms with van der Waals surface area (Å²) in [6, 6.07) is 10.7. The number of carbonyl (C=O) groups excluding carboxylic acids is 1. The quantitative estimate of drug-likeness (QED) is 0.514. The van der Waals surface area contributed by atoms with Crippen LogP contribution in [0.4, 0.5) is 8.78 Å². The van der Waals surface area contributed by atoms with E-state index in [1.54, 1.807) is 6.92 Å². The van der Waals surface area contributed by atoms with Crippen molar-refractivity contribution in [1.82, 2.24) is 20.2 Å². The molecule has 0 aliphatic carbocycles. The molecular weight excluding hydrogens is 346 g/mol. The summed E-state index contributed by atoms with van der Waals surface area (Å²) in [5.41, 5.74) is 1.98. The predicted molar refractivity (Wildman–Crippen MR) is 89.9 cm³/mol. The third-order valence-corrected chi connectivity index (χ3v) is 4.61. The maximum absolute atomic E-state index is 13.3. The van der Waals surface area contributed by atoms with Gasteiger partial charge in [0.25, 0.3) is 0 Å².